The maximum Gasteiger partial charge on any atom is 0.573 e. The molecule has 1 amide bonds. The van der Waals surface area contributed by atoms with E-state index in [4.69, 9.17) is 12.2 Å². The maximum atomic E-state index is 13.0. The molecule has 1 fully saturated rings. The Morgan fingerprint density at radius 3 is 2.37 bits per heavy atom. The van der Waals surface area contributed by atoms with Crippen molar-refractivity contribution in [3.63, 3.8) is 0 Å². The number of hydrazone groups is 1. The molecule has 4 aromatic rings. The van der Waals surface area contributed by atoms with Crippen LogP contribution in [0.4, 0.5) is 32.0 Å². The Labute approximate surface area is 265 Å². The maximum absolute atomic E-state index is 13.0. The van der Waals surface area contributed by atoms with Crippen molar-refractivity contribution >= 4 is 52.1 Å². The number of benzene rings is 3. The number of aryl methyl sites for hydroxylation is 1. The molecular weight excluding hydrogens is 660 g/mol. The van der Waals surface area contributed by atoms with Gasteiger partial charge in [-0.1, -0.05) is 42.1 Å². The molecular formula is C28H19F6N7O3S2. The molecule has 0 radical (unpaired) electrons. The number of thioether (sulfide) groups is 1. The van der Waals surface area contributed by atoms with E-state index in [1.807, 2.05) is 0 Å². The lowest BCUT2D eigenvalue weighted by molar-refractivity contribution is -0.275. The van der Waals surface area contributed by atoms with Crippen LogP contribution in [0.1, 0.15) is 11.1 Å². The highest BCUT2D eigenvalue weighted by atomic mass is 32.2. The van der Waals surface area contributed by atoms with Crippen molar-refractivity contribution < 1.29 is 40.6 Å². The summed E-state index contributed by atoms with van der Waals surface area (Å²) >= 11 is 6.20. The van der Waals surface area contributed by atoms with Gasteiger partial charge in [0.05, 0.1) is 23.3 Å². The number of aliphatic imine (C=N–C) groups is 1. The number of amides is 1. The third-order valence-electron chi connectivity index (χ3n) is 5.91. The molecule has 46 heavy (non-hydrogen) atoms. The highest BCUT2D eigenvalue weighted by Gasteiger charge is 2.37. The number of amidine groups is 1. The first-order chi connectivity index (χ1) is 21.7. The summed E-state index contributed by atoms with van der Waals surface area (Å²) in [5.41, 5.74) is 4.79. The van der Waals surface area contributed by atoms with Crippen LogP contribution in [-0.4, -0.2) is 55.6 Å². The number of hydrogen-bond donors (Lipinski definition) is 1. The summed E-state index contributed by atoms with van der Waals surface area (Å²) in [6.45, 7) is 1.66. The summed E-state index contributed by atoms with van der Waals surface area (Å²) in [5, 5.41) is 8.29. The molecule has 0 aliphatic carbocycles. The average molecular weight is 680 g/mol. The van der Waals surface area contributed by atoms with E-state index in [9.17, 15) is 31.1 Å². The first-order valence-corrected chi connectivity index (χ1v) is 14.3. The summed E-state index contributed by atoms with van der Waals surface area (Å²) in [6.07, 6.45) is -6.90. The Bertz CT molecular complexity index is 1810. The molecule has 1 aromatic heterocycles. The van der Waals surface area contributed by atoms with Gasteiger partial charge in [-0.3, -0.25) is 15.1 Å². The van der Waals surface area contributed by atoms with Crippen LogP contribution in [0.15, 0.2) is 83.2 Å². The summed E-state index contributed by atoms with van der Waals surface area (Å²) < 4.78 is 85.5. The molecule has 1 N–H and O–H groups in total. The Hall–Kier alpha value is -4.97. The molecule has 0 bridgehead atoms. The van der Waals surface area contributed by atoms with E-state index >= 15 is 0 Å². The van der Waals surface area contributed by atoms with Gasteiger partial charge in [0.1, 0.15) is 12.1 Å². The van der Waals surface area contributed by atoms with Crippen molar-refractivity contribution in [3.8, 4) is 28.6 Å². The standard InChI is InChI=1S/C28H19F6N7O3S2/c1-16-2-11-22(44-28(32,33)34)21(12-16)41-23(42)14-46-26(41)37-25(45)38-36-13-17-3-5-18(6-4-17)24-35-15-40(39-24)19-7-9-20(10-8-19)43-27(29,30)31/h2-13,15H,14H2,1H3,(H,38,45)/b36-13+,37-26-. The van der Waals surface area contributed by atoms with Crippen molar-refractivity contribution in [1.29, 1.82) is 0 Å². The Kier molecular flexibility index (Phi) is 9.29. The fourth-order valence-corrected chi connectivity index (χ4v) is 5.07. The lowest BCUT2D eigenvalue weighted by Crippen LogP contribution is -2.32. The first-order valence-electron chi connectivity index (χ1n) is 12.9. The molecule has 1 aliphatic rings. The van der Waals surface area contributed by atoms with Gasteiger partial charge in [0, 0.05) is 5.56 Å². The number of thiocarbonyl (C=S) groups is 1. The zero-order valence-corrected chi connectivity index (χ0v) is 24.8. The third kappa shape index (κ3) is 8.39. The van der Waals surface area contributed by atoms with E-state index in [0.29, 0.717) is 28.2 Å². The van der Waals surface area contributed by atoms with Crippen LogP contribution in [0.25, 0.3) is 17.1 Å². The molecule has 238 valence electrons. The van der Waals surface area contributed by atoms with Crippen LogP contribution in [0.2, 0.25) is 0 Å². The summed E-state index contributed by atoms with van der Waals surface area (Å²) in [5.74, 6) is -1.12. The van der Waals surface area contributed by atoms with Gasteiger partial charge in [0.2, 0.25) is 11.0 Å². The SMILES string of the molecule is Cc1ccc(OC(F)(F)F)c(N2C(=O)CS/C2=N\C(=S)N/N=C/c2ccc(-c3ncn(-c4ccc(OC(F)(F)F)cc4)n3)cc2)c1. The van der Waals surface area contributed by atoms with Crippen LogP contribution in [0.3, 0.4) is 0 Å². The van der Waals surface area contributed by atoms with Crippen LogP contribution >= 0.6 is 24.0 Å². The number of rotatable bonds is 7. The third-order valence-corrected chi connectivity index (χ3v) is 7.02. The number of halogens is 6. The van der Waals surface area contributed by atoms with Gasteiger partial charge in [0.15, 0.2) is 16.7 Å². The molecule has 2 heterocycles. The van der Waals surface area contributed by atoms with Gasteiger partial charge >= 0.3 is 12.7 Å². The minimum Gasteiger partial charge on any atom is -0.406 e. The van der Waals surface area contributed by atoms with Gasteiger partial charge in [-0.25, -0.2) is 9.67 Å². The zero-order valence-electron chi connectivity index (χ0n) is 23.2. The van der Waals surface area contributed by atoms with Gasteiger partial charge in [-0.05, 0) is 66.7 Å². The Morgan fingerprint density at radius 2 is 1.70 bits per heavy atom. The summed E-state index contributed by atoms with van der Waals surface area (Å²) in [4.78, 5) is 22.0. The van der Waals surface area contributed by atoms with Gasteiger partial charge in [-0.15, -0.1) is 31.4 Å². The van der Waals surface area contributed by atoms with Crippen LogP contribution in [0.5, 0.6) is 11.5 Å². The highest BCUT2D eigenvalue weighted by Crippen LogP contribution is 2.37. The van der Waals surface area contributed by atoms with Crippen molar-refractivity contribution in [1.82, 2.24) is 20.2 Å². The number of nitrogens with zero attached hydrogens (tertiary/aromatic N) is 6. The average Bonchev–Trinajstić information content (AvgIpc) is 3.60. The molecule has 0 saturated carbocycles. The molecule has 0 atom stereocenters. The Balaban J connectivity index is 1.22. The number of anilines is 1. The summed E-state index contributed by atoms with van der Waals surface area (Å²) in [6, 6.07) is 16.0. The number of hydrogen-bond acceptors (Lipinski definition) is 8. The largest absolute Gasteiger partial charge is 0.573 e. The minimum atomic E-state index is -4.97. The molecule has 0 unspecified atom stereocenters. The van der Waals surface area contributed by atoms with E-state index < -0.39 is 24.4 Å². The predicted molar refractivity (Wildman–Crippen MR) is 162 cm³/mol. The highest BCUT2D eigenvalue weighted by molar-refractivity contribution is 8.15. The van der Waals surface area contributed by atoms with Gasteiger partial charge < -0.3 is 9.47 Å². The number of alkyl halides is 6. The normalized spacial score (nSPS) is 14.7. The van der Waals surface area contributed by atoms with Crippen LogP contribution in [0, 0.1) is 6.92 Å². The van der Waals surface area contributed by atoms with Gasteiger partial charge in [0.25, 0.3) is 0 Å². The number of carbonyl (C=O) groups excluding carboxylic acids is 1. The van der Waals surface area contributed by atoms with Crippen molar-refractivity contribution in [2.24, 2.45) is 10.1 Å². The van der Waals surface area contributed by atoms with E-state index in [1.165, 1.54) is 53.6 Å². The van der Waals surface area contributed by atoms with E-state index in [1.54, 1.807) is 31.2 Å². The lowest BCUT2D eigenvalue weighted by atomic mass is 10.1. The monoisotopic (exact) mass is 679 g/mol. The molecule has 1 saturated heterocycles. The van der Waals surface area contributed by atoms with Crippen molar-refractivity contribution in [2.45, 2.75) is 19.6 Å². The summed E-state index contributed by atoms with van der Waals surface area (Å²) in [7, 11) is 0. The number of ether oxygens (including phenoxy) is 2. The predicted octanol–water partition coefficient (Wildman–Crippen LogP) is 6.38. The second-order valence-electron chi connectivity index (χ2n) is 9.28. The molecule has 18 heteroatoms. The second kappa shape index (κ2) is 13.2. The number of aromatic nitrogens is 3. The smallest absolute Gasteiger partial charge is 0.406 e. The topological polar surface area (TPSA) is 106 Å². The molecule has 10 nitrogen and oxygen atoms in total. The minimum absolute atomic E-state index is 0.0530. The van der Waals surface area contributed by atoms with Crippen LogP contribution < -0.4 is 19.8 Å². The number of nitrogens with one attached hydrogen (secondary N) is 1. The Morgan fingerprint density at radius 1 is 1.00 bits per heavy atom. The molecule has 0 spiro atoms. The quantitative estimate of drug-likeness (QED) is 0.104. The molecule has 3 aromatic carbocycles. The zero-order chi connectivity index (χ0) is 33.1. The number of carbonyl (C=O) groups is 1. The van der Waals surface area contributed by atoms with Gasteiger partial charge in [-0.2, -0.15) is 10.1 Å². The van der Waals surface area contributed by atoms with E-state index in [0.717, 1.165) is 22.7 Å². The fraction of sp³-hybridized carbons (Fsp3) is 0.143. The molecule has 5 rings (SSSR count). The van der Waals surface area contributed by atoms with E-state index in [2.05, 4.69) is 35.1 Å². The fourth-order valence-electron chi connectivity index (χ4n) is 4.01. The molecule has 1 aliphatic heterocycles. The van der Waals surface area contributed by atoms with E-state index in [-0.39, 0.29) is 27.5 Å². The second-order valence-corrected chi connectivity index (χ2v) is 10.6. The lowest BCUT2D eigenvalue weighted by Gasteiger charge is -2.21. The van der Waals surface area contributed by atoms with Crippen molar-refractivity contribution in [3.05, 3.63) is 84.2 Å². The van der Waals surface area contributed by atoms with Crippen molar-refractivity contribution in [2.75, 3.05) is 10.7 Å². The van der Waals surface area contributed by atoms with Crippen LogP contribution in [-0.2, 0) is 4.79 Å². The first kappa shape index (κ1) is 32.4.